The highest BCUT2D eigenvalue weighted by atomic mass is 16.3. The Morgan fingerprint density at radius 3 is 1.92 bits per heavy atom. The first-order valence-corrected chi connectivity index (χ1v) is 3.77. The van der Waals surface area contributed by atoms with Crippen LogP contribution in [0.3, 0.4) is 0 Å². The molecule has 2 unspecified atom stereocenters. The van der Waals surface area contributed by atoms with Crippen LogP contribution in [-0.2, 0) is 0 Å². The monoisotopic (exact) mass is 168 g/mol. The van der Waals surface area contributed by atoms with Crippen LogP contribution in [0.25, 0.3) is 0 Å². The zero-order valence-electron chi connectivity index (χ0n) is 9.20. The normalized spacial score (nSPS) is 23.3. The second-order valence-corrected chi connectivity index (χ2v) is 2.75. The van der Waals surface area contributed by atoms with Gasteiger partial charge in [-0.05, 0) is 25.0 Å². The van der Waals surface area contributed by atoms with Crippen LogP contribution >= 0.6 is 0 Å². The van der Waals surface area contributed by atoms with Gasteiger partial charge in [-0.2, -0.15) is 0 Å². The summed E-state index contributed by atoms with van der Waals surface area (Å²) in [4.78, 5) is 0. The van der Waals surface area contributed by atoms with E-state index >= 15 is 0 Å². The van der Waals surface area contributed by atoms with E-state index in [4.69, 9.17) is 2.74 Å². The van der Waals surface area contributed by atoms with Gasteiger partial charge in [0.2, 0.25) is 0 Å². The van der Waals surface area contributed by atoms with Gasteiger partial charge in [-0.15, -0.1) is 0 Å². The van der Waals surface area contributed by atoms with Gasteiger partial charge in [0.1, 0.15) is 0 Å². The Balaban J connectivity index is 3.15. The minimum Gasteiger partial charge on any atom is -0.389 e. The lowest BCUT2D eigenvalue weighted by molar-refractivity contribution is 0.192. The van der Waals surface area contributed by atoms with Gasteiger partial charge in [-0.1, -0.05) is 24.3 Å². The van der Waals surface area contributed by atoms with Crippen LogP contribution in [-0.4, -0.2) is 10.2 Å². The summed E-state index contributed by atoms with van der Waals surface area (Å²) in [6, 6.07) is 6.24. The highest BCUT2D eigenvalue weighted by molar-refractivity contribution is 5.25. The molecule has 0 saturated carbocycles. The summed E-state index contributed by atoms with van der Waals surface area (Å²) in [7, 11) is 0. The molecule has 66 valence electrons. The summed E-state index contributed by atoms with van der Waals surface area (Å²) in [6.07, 6.45) is -3.39. The lowest BCUT2D eigenvalue weighted by Crippen LogP contribution is -1.95. The summed E-state index contributed by atoms with van der Waals surface area (Å²) in [6.45, 7) is 2.68. The standard InChI is InChI=1S/C10H14O2/c1-7(11)9-4-3-5-10(6-9)8(2)12/h3-8,11-12H,1-2H3/i7D,8D. The van der Waals surface area contributed by atoms with E-state index in [9.17, 15) is 10.2 Å². The fourth-order valence-corrected chi connectivity index (χ4v) is 0.969. The van der Waals surface area contributed by atoms with E-state index in [0.29, 0.717) is 11.1 Å². The Morgan fingerprint density at radius 1 is 1.17 bits per heavy atom. The molecule has 1 rings (SSSR count). The Labute approximate surface area is 75.3 Å². The molecule has 2 heteroatoms. The van der Waals surface area contributed by atoms with Gasteiger partial charge < -0.3 is 10.2 Å². The first-order valence-electron chi connectivity index (χ1n) is 4.77. The zero-order chi connectivity index (χ0) is 11.0. The van der Waals surface area contributed by atoms with Gasteiger partial charge in [0.05, 0.1) is 14.9 Å². The molecule has 0 aliphatic heterocycles. The minimum atomic E-state index is -1.69. The predicted octanol–water partition coefficient (Wildman–Crippen LogP) is 1.79. The molecule has 0 aliphatic rings. The van der Waals surface area contributed by atoms with Gasteiger partial charge in [0.15, 0.2) is 0 Å². The average Bonchev–Trinajstić information content (AvgIpc) is 2.01. The predicted molar refractivity (Wildman–Crippen MR) is 47.7 cm³/mol. The van der Waals surface area contributed by atoms with E-state index in [1.807, 2.05) is 0 Å². The van der Waals surface area contributed by atoms with E-state index in [1.54, 1.807) is 18.2 Å². The summed E-state index contributed by atoms with van der Waals surface area (Å²) < 4.78 is 14.8. The molecule has 2 N–H and O–H groups in total. The number of benzene rings is 1. The lowest BCUT2D eigenvalue weighted by Gasteiger charge is -2.08. The number of hydrogen-bond donors (Lipinski definition) is 2. The molecule has 0 heterocycles. The third-order valence-electron chi connectivity index (χ3n) is 1.70. The van der Waals surface area contributed by atoms with Crippen LogP contribution in [0.5, 0.6) is 0 Å². The molecule has 0 fully saturated rings. The zero-order valence-corrected chi connectivity index (χ0v) is 7.20. The summed E-state index contributed by atoms with van der Waals surface area (Å²) in [5.74, 6) is 0. The molecular formula is C10H14O2. The summed E-state index contributed by atoms with van der Waals surface area (Å²) >= 11 is 0. The molecule has 0 saturated heterocycles. The third kappa shape index (κ3) is 2.06. The van der Waals surface area contributed by atoms with E-state index in [1.165, 1.54) is 19.9 Å². The molecule has 0 bridgehead atoms. The smallest absolute Gasteiger partial charge is 0.0762 e. The number of aliphatic hydroxyl groups is 2. The molecule has 0 spiro atoms. The van der Waals surface area contributed by atoms with Crippen molar-refractivity contribution in [2.45, 2.75) is 26.0 Å². The Bertz CT molecular complexity index is 294. The van der Waals surface area contributed by atoms with Crippen LogP contribution in [0.2, 0.25) is 0 Å². The van der Waals surface area contributed by atoms with Gasteiger partial charge >= 0.3 is 0 Å². The SMILES string of the molecule is [2H]C(C)(O)c1cccc(C([2H])(C)O)c1. The van der Waals surface area contributed by atoms with Gasteiger partial charge in [0.25, 0.3) is 0 Å². The van der Waals surface area contributed by atoms with Gasteiger partial charge in [0, 0.05) is 0 Å². The van der Waals surface area contributed by atoms with Crippen LogP contribution in [0.4, 0.5) is 0 Å². The van der Waals surface area contributed by atoms with Crippen molar-refractivity contribution in [2.75, 3.05) is 0 Å². The van der Waals surface area contributed by atoms with E-state index in [-0.39, 0.29) is 0 Å². The molecule has 1 aromatic rings. The fourth-order valence-electron chi connectivity index (χ4n) is 0.969. The quantitative estimate of drug-likeness (QED) is 0.706. The van der Waals surface area contributed by atoms with E-state index in [0.717, 1.165) is 0 Å². The van der Waals surface area contributed by atoms with Crippen molar-refractivity contribution in [2.24, 2.45) is 0 Å². The van der Waals surface area contributed by atoms with Crippen molar-refractivity contribution in [3.05, 3.63) is 35.4 Å². The van der Waals surface area contributed by atoms with Crippen LogP contribution in [0.15, 0.2) is 24.3 Å². The molecule has 0 amide bonds. The first-order chi connectivity index (χ1) is 6.21. The highest BCUT2D eigenvalue weighted by Crippen LogP contribution is 2.17. The Hall–Kier alpha value is -0.860. The van der Waals surface area contributed by atoms with Gasteiger partial charge in [-0.25, -0.2) is 0 Å². The number of rotatable bonds is 2. The average molecular weight is 168 g/mol. The van der Waals surface area contributed by atoms with Crippen LogP contribution < -0.4 is 0 Å². The molecule has 12 heavy (non-hydrogen) atoms. The second kappa shape index (κ2) is 3.70. The topological polar surface area (TPSA) is 40.5 Å². The van der Waals surface area contributed by atoms with Crippen molar-refractivity contribution in [3.63, 3.8) is 0 Å². The fraction of sp³-hybridized carbons (Fsp3) is 0.400. The summed E-state index contributed by atoms with van der Waals surface area (Å²) in [5.41, 5.74) is 0.727. The maximum Gasteiger partial charge on any atom is 0.0762 e. The second-order valence-electron chi connectivity index (χ2n) is 2.75. The highest BCUT2D eigenvalue weighted by Gasteiger charge is 2.04. The summed E-state index contributed by atoms with van der Waals surface area (Å²) in [5, 5.41) is 18.8. The van der Waals surface area contributed by atoms with Crippen molar-refractivity contribution in [1.82, 2.24) is 0 Å². The van der Waals surface area contributed by atoms with Crippen molar-refractivity contribution >= 4 is 0 Å². The van der Waals surface area contributed by atoms with E-state index < -0.39 is 12.2 Å². The molecule has 0 radical (unpaired) electrons. The maximum absolute atomic E-state index is 9.40. The van der Waals surface area contributed by atoms with Crippen molar-refractivity contribution in [3.8, 4) is 0 Å². The van der Waals surface area contributed by atoms with Crippen molar-refractivity contribution < 1.29 is 13.0 Å². The van der Waals surface area contributed by atoms with Gasteiger partial charge in [-0.3, -0.25) is 0 Å². The molecule has 2 atom stereocenters. The lowest BCUT2D eigenvalue weighted by atomic mass is 10.0. The van der Waals surface area contributed by atoms with E-state index in [2.05, 4.69) is 0 Å². The third-order valence-corrected chi connectivity index (χ3v) is 1.70. The largest absolute Gasteiger partial charge is 0.389 e. The molecule has 2 nitrogen and oxygen atoms in total. The Kier molecular flexibility index (Phi) is 2.04. The molecule has 0 aromatic heterocycles. The molecule has 0 aliphatic carbocycles. The Morgan fingerprint density at radius 2 is 1.58 bits per heavy atom. The maximum atomic E-state index is 9.40. The molecular weight excluding hydrogens is 152 g/mol. The molecule has 1 aromatic carbocycles. The van der Waals surface area contributed by atoms with Crippen LogP contribution in [0.1, 0.15) is 39.9 Å². The first kappa shape index (κ1) is 6.63. The minimum absolute atomic E-state index is 0.363. The number of hydrogen-bond acceptors (Lipinski definition) is 2. The van der Waals surface area contributed by atoms with Crippen molar-refractivity contribution in [1.29, 1.82) is 0 Å². The van der Waals surface area contributed by atoms with Crippen LogP contribution in [0, 0.1) is 0 Å².